The van der Waals surface area contributed by atoms with Crippen LogP contribution in [-0.2, 0) is 9.47 Å². The zero-order chi connectivity index (χ0) is 9.52. The predicted octanol–water partition coefficient (Wildman–Crippen LogP) is -0.211. The average Bonchev–Trinajstić information content (AvgIpc) is 2.15. The normalized spacial score (nSPS) is 15.2. The van der Waals surface area contributed by atoms with Gasteiger partial charge in [0, 0.05) is 12.7 Å². The van der Waals surface area contributed by atoms with E-state index in [-0.39, 0.29) is 0 Å². The highest BCUT2D eigenvalue weighted by molar-refractivity contribution is 5.14. The summed E-state index contributed by atoms with van der Waals surface area (Å²) in [6.07, 6.45) is 3.49. The summed E-state index contributed by atoms with van der Waals surface area (Å²) in [6, 6.07) is 0. The lowest BCUT2D eigenvalue weighted by atomic mass is 10.5. The van der Waals surface area contributed by atoms with Gasteiger partial charge in [-0.1, -0.05) is 0 Å². The van der Waals surface area contributed by atoms with Crippen molar-refractivity contribution in [2.24, 2.45) is 5.73 Å². The lowest BCUT2D eigenvalue weighted by Crippen LogP contribution is -2.37. The van der Waals surface area contributed by atoms with Crippen molar-refractivity contribution in [2.75, 3.05) is 19.8 Å². The molecule has 74 valence electrons. The van der Waals surface area contributed by atoms with E-state index < -0.39 is 0 Å². The average molecular weight is 185 g/mol. The van der Waals surface area contributed by atoms with E-state index in [9.17, 15) is 0 Å². The molecule has 4 N–H and O–H groups in total. The van der Waals surface area contributed by atoms with Gasteiger partial charge < -0.3 is 15.2 Å². The Morgan fingerprint density at radius 1 is 1.31 bits per heavy atom. The number of hydrazine groups is 1. The van der Waals surface area contributed by atoms with Crippen LogP contribution in [-0.4, -0.2) is 19.8 Å². The van der Waals surface area contributed by atoms with Crippen LogP contribution in [0, 0.1) is 0 Å². The van der Waals surface area contributed by atoms with Gasteiger partial charge in [0.1, 0.15) is 12.4 Å². The number of ether oxygens (including phenoxy) is 2. The van der Waals surface area contributed by atoms with Crippen LogP contribution in [0.2, 0.25) is 0 Å². The first-order valence-electron chi connectivity index (χ1n) is 4.23. The van der Waals surface area contributed by atoms with Gasteiger partial charge in [0.05, 0.1) is 6.61 Å². The Morgan fingerprint density at radius 2 is 2.15 bits per heavy atom. The highest BCUT2D eigenvalue weighted by Crippen LogP contribution is 1.97. The molecular weight excluding hydrogens is 170 g/mol. The van der Waals surface area contributed by atoms with Gasteiger partial charge in [-0.2, -0.15) is 0 Å². The van der Waals surface area contributed by atoms with Crippen molar-refractivity contribution in [2.45, 2.75) is 6.92 Å². The molecule has 1 aliphatic heterocycles. The van der Waals surface area contributed by atoms with Gasteiger partial charge in [-0.05, 0) is 13.0 Å². The molecule has 1 aliphatic rings. The second-order valence-electron chi connectivity index (χ2n) is 2.45. The standard InChI is InChI=1S/C8H15N3O2/c1-2-12-5-6-13-8-4-3-7(9)10-11-8/h3-4,10-11H,2,5-6,9H2,1H3. The molecule has 0 amide bonds. The van der Waals surface area contributed by atoms with Crippen LogP contribution in [0.25, 0.3) is 0 Å². The first kappa shape index (κ1) is 9.73. The van der Waals surface area contributed by atoms with Crippen molar-refractivity contribution >= 4 is 0 Å². The molecule has 5 heteroatoms. The molecule has 0 aromatic rings. The quantitative estimate of drug-likeness (QED) is 0.517. The number of nitrogens with one attached hydrogen (secondary N) is 2. The zero-order valence-corrected chi connectivity index (χ0v) is 7.67. The fourth-order valence-corrected chi connectivity index (χ4v) is 0.822. The maximum Gasteiger partial charge on any atom is 0.205 e. The third-order valence-electron chi connectivity index (χ3n) is 1.43. The van der Waals surface area contributed by atoms with Gasteiger partial charge in [0.2, 0.25) is 5.88 Å². The summed E-state index contributed by atoms with van der Waals surface area (Å²) in [7, 11) is 0. The first-order valence-corrected chi connectivity index (χ1v) is 4.23. The molecule has 0 radical (unpaired) electrons. The first-order chi connectivity index (χ1) is 6.33. The smallest absolute Gasteiger partial charge is 0.205 e. The van der Waals surface area contributed by atoms with Gasteiger partial charge in [-0.15, -0.1) is 0 Å². The van der Waals surface area contributed by atoms with Crippen molar-refractivity contribution in [3.05, 3.63) is 23.9 Å². The third-order valence-corrected chi connectivity index (χ3v) is 1.43. The maximum atomic E-state index is 5.44. The van der Waals surface area contributed by atoms with E-state index in [0.29, 0.717) is 31.5 Å². The molecule has 0 saturated carbocycles. The van der Waals surface area contributed by atoms with E-state index in [1.807, 2.05) is 6.92 Å². The number of hydrogen-bond acceptors (Lipinski definition) is 5. The van der Waals surface area contributed by atoms with Gasteiger partial charge in [0.15, 0.2) is 0 Å². The highest BCUT2D eigenvalue weighted by atomic mass is 16.5. The minimum atomic E-state index is 0.530. The Bertz CT molecular complexity index is 213. The fraction of sp³-hybridized carbons (Fsp3) is 0.500. The Morgan fingerprint density at radius 3 is 2.77 bits per heavy atom. The molecule has 0 bridgehead atoms. The Hall–Kier alpha value is -1.36. The maximum absolute atomic E-state index is 5.44. The zero-order valence-electron chi connectivity index (χ0n) is 7.67. The molecule has 0 fully saturated rings. The lowest BCUT2D eigenvalue weighted by molar-refractivity contribution is 0.0752. The largest absolute Gasteiger partial charge is 0.476 e. The van der Waals surface area contributed by atoms with E-state index in [4.69, 9.17) is 15.2 Å². The molecular formula is C8H15N3O2. The van der Waals surface area contributed by atoms with Gasteiger partial charge in [-0.3, -0.25) is 10.9 Å². The summed E-state index contributed by atoms with van der Waals surface area (Å²) < 4.78 is 10.4. The van der Waals surface area contributed by atoms with Crippen molar-refractivity contribution in [1.82, 2.24) is 10.9 Å². The van der Waals surface area contributed by atoms with Crippen molar-refractivity contribution in [1.29, 1.82) is 0 Å². The molecule has 5 nitrogen and oxygen atoms in total. The summed E-state index contributed by atoms with van der Waals surface area (Å²) >= 11 is 0. The number of allylic oxidation sites excluding steroid dienone is 2. The summed E-state index contributed by atoms with van der Waals surface area (Å²) in [5.41, 5.74) is 10.9. The minimum Gasteiger partial charge on any atom is -0.476 e. The lowest BCUT2D eigenvalue weighted by Gasteiger charge is -2.17. The fourth-order valence-electron chi connectivity index (χ4n) is 0.822. The SMILES string of the molecule is CCOCCOC1=CC=C(N)NN1. The number of rotatable bonds is 5. The molecule has 0 unspecified atom stereocenters. The molecule has 0 saturated heterocycles. The van der Waals surface area contributed by atoms with E-state index in [2.05, 4.69) is 10.9 Å². The van der Waals surface area contributed by atoms with Crippen molar-refractivity contribution in [3.8, 4) is 0 Å². The summed E-state index contributed by atoms with van der Waals surface area (Å²) in [5.74, 6) is 1.21. The second kappa shape index (κ2) is 5.31. The molecule has 0 spiro atoms. The van der Waals surface area contributed by atoms with Crippen molar-refractivity contribution < 1.29 is 9.47 Å². The summed E-state index contributed by atoms with van der Waals surface area (Å²) in [4.78, 5) is 0. The Kier molecular flexibility index (Phi) is 3.98. The van der Waals surface area contributed by atoms with Gasteiger partial charge >= 0.3 is 0 Å². The topological polar surface area (TPSA) is 68.5 Å². The molecule has 0 aliphatic carbocycles. The number of hydrogen-bond donors (Lipinski definition) is 3. The van der Waals surface area contributed by atoms with E-state index in [1.54, 1.807) is 12.2 Å². The molecule has 0 atom stereocenters. The summed E-state index contributed by atoms with van der Waals surface area (Å²) in [6.45, 7) is 3.78. The van der Waals surface area contributed by atoms with Crippen LogP contribution in [0.3, 0.4) is 0 Å². The van der Waals surface area contributed by atoms with E-state index in [1.165, 1.54) is 0 Å². The van der Waals surface area contributed by atoms with E-state index >= 15 is 0 Å². The summed E-state index contributed by atoms with van der Waals surface area (Å²) in [5, 5.41) is 0. The van der Waals surface area contributed by atoms with Crippen LogP contribution < -0.4 is 16.6 Å². The van der Waals surface area contributed by atoms with E-state index in [0.717, 1.165) is 0 Å². The highest BCUT2D eigenvalue weighted by Gasteiger charge is 2.00. The van der Waals surface area contributed by atoms with Gasteiger partial charge in [-0.25, -0.2) is 0 Å². The molecule has 13 heavy (non-hydrogen) atoms. The van der Waals surface area contributed by atoms with Crippen LogP contribution in [0.4, 0.5) is 0 Å². The monoisotopic (exact) mass is 185 g/mol. The Balaban J connectivity index is 2.15. The van der Waals surface area contributed by atoms with Crippen LogP contribution in [0.5, 0.6) is 0 Å². The Labute approximate surface area is 77.5 Å². The number of nitrogens with two attached hydrogens (primary N) is 1. The third kappa shape index (κ3) is 3.71. The molecule has 1 heterocycles. The minimum absolute atomic E-state index is 0.530. The van der Waals surface area contributed by atoms with Crippen LogP contribution >= 0.6 is 0 Å². The van der Waals surface area contributed by atoms with Crippen LogP contribution in [0.15, 0.2) is 23.9 Å². The van der Waals surface area contributed by atoms with Crippen molar-refractivity contribution in [3.63, 3.8) is 0 Å². The molecule has 1 rings (SSSR count). The molecule has 0 aromatic heterocycles. The second-order valence-corrected chi connectivity index (χ2v) is 2.45. The predicted molar refractivity (Wildman–Crippen MR) is 49.1 cm³/mol. The van der Waals surface area contributed by atoms with Gasteiger partial charge in [0.25, 0.3) is 0 Å². The van der Waals surface area contributed by atoms with Crippen LogP contribution in [0.1, 0.15) is 6.92 Å². The molecule has 0 aromatic carbocycles.